The molecule has 2 aliphatic heterocycles. The topological polar surface area (TPSA) is 15.7 Å². The summed E-state index contributed by atoms with van der Waals surface area (Å²) in [5.74, 6) is 1.11. The summed E-state index contributed by atoms with van der Waals surface area (Å²) in [7, 11) is 0. The number of fused-ring (bicyclic) bond motifs is 1. The van der Waals surface area contributed by atoms with E-state index in [1.165, 1.54) is 57.1 Å². The highest BCUT2D eigenvalue weighted by Crippen LogP contribution is 2.52. The van der Waals surface area contributed by atoms with E-state index in [0.717, 1.165) is 32.7 Å². The van der Waals surface area contributed by atoms with Gasteiger partial charge in [-0.05, 0) is 62.2 Å². The van der Waals surface area contributed by atoms with Crippen LogP contribution in [0.3, 0.4) is 0 Å². The molecule has 1 aromatic rings. The summed E-state index contributed by atoms with van der Waals surface area (Å²) >= 11 is 0. The van der Waals surface area contributed by atoms with E-state index < -0.39 is 11.6 Å². The average Bonchev–Trinajstić information content (AvgIpc) is 3.10. The summed E-state index contributed by atoms with van der Waals surface area (Å²) in [6, 6.07) is 4.11. The minimum Gasteiger partial charge on any atom is -0.381 e. The standard InChI is InChI=1S/C21H30F2N2O/c22-20-6-4-7-21(23)18(20)14-25-12-16-17(13-25)19(16)15-26-11-5-10-24-8-2-1-3-9-24/h4,6-7,16-17,19H,1-3,5,8-15H2/t16-,17+,19?. The third kappa shape index (κ3) is 4.26. The van der Waals surface area contributed by atoms with Gasteiger partial charge in [0.15, 0.2) is 0 Å². The fraction of sp³-hybridized carbons (Fsp3) is 0.714. The Morgan fingerprint density at radius 2 is 1.65 bits per heavy atom. The molecule has 1 unspecified atom stereocenters. The molecule has 0 bridgehead atoms. The monoisotopic (exact) mass is 364 g/mol. The first-order valence-electron chi connectivity index (χ1n) is 10.2. The summed E-state index contributed by atoms with van der Waals surface area (Å²) in [5.41, 5.74) is 0.208. The fourth-order valence-corrected chi connectivity index (χ4v) is 4.81. The molecular weight excluding hydrogens is 334 g/mol. The minimum atomic E-state index is -0.431. The highest BCUT2D eigenvalue weighted by atomic mass is 19.1. The van der Waals surface area contributed by atoms with Crippen LogP contribution in [0.15, 0.2) is 18.2 Å². The molecule has 1 aromatic carbocycles. The van der Waals surface area contributed by atoms with E-state index in [9.17, 15) is 8.78 Å². The zero-order valence-corrected chi connectivity index (χ0v) is 15.5. The Hall–Kier alpha value is -1.04. The van der Waals surface area contributed by atoms with Crippen molar-refractivity contribution in [2.75, 3.05) is 45.9 Å². The van der Waals surface area contributed by atoms with Gasteiger partial charge in [-0.15, -0.1) is 0 Å². The maximum Gasteiger partial charge on any atom is 0.130 e. The van der Waals surface area contributed by atoms with Crippen molar-refractivity contribution in [1.29, 1.82) is 0 Å². The van der Waals surface area contributed by atoms with Crippen LogP contribution in [0.25, 0.3) is 0 Å². The predicted molar refractivity (Wildman–Crippen MR) is 97.8 cm³/mol. The molecule has 0 aromatic heterocycles. The van der Waals surface area contributed by atoms with Gasteiger partial charge in [0.05, 0.1) is 6.61 Å². The van der Waals surface area contributed by atoms with Crippen molar-refractivity contribution in [2.45, 2.75) is 32.2 Å². The molecule has 1 saturated carbocycles. The molecule has 1 aliphatic carbocycles. The Morgan fingerprint density at radius 3 is 2.35 bits per heavy atom. The Morgan fingerprint density at radius 1 is 0.962 bits per heavy atom. The second kappa shape index (κ2) is 8.32. The molecule has 26 heavy (non-hydrogen) atoms. The van der Waals surface area contributed by atoms with Crippen LogP contribution in [0.1, 0.15) is 31.2 Å². The van der Waals surface area contributed by atoms with Crippen LogP contribution < -0.4 is 0 Å². The first-order chi connectivity index (χ1) is 12.7. The minimum absolute atomic E-state index is 0.208. The Balaban J connectivity index is 1.11. The van der Waals surface area contributed by atoms with Crippen molar-refractivity contribution < 1.29 is 13.5 Å². The van der Waals surface area contributed by atoms with Crippen molar-refractivity contribution in [3.05, 3.63) is 35.4 Å². The molecule has 144 valence electrons. The van der Waals surface area contributed by atoms with Crippen LogP contribution in [0.4, 0.5) is 8.78 Å². The van der Waals surface area contributed by atoms with E-state index >= 15 is 0 Å². The van der Waals surface area contributed by atoms with E-state index in [1.54, 1.807) is 0 Å². The third-order valence-electron chi connectivity index (χ3n) is 6.41. The summed E-state index contributed by atoms with van der Waals surface area (Å²) in [6.45, 7) is 7.67. The SMILES string of the molecule is Fc1cccc(F)c1CN1C[C@@H]2C(COCCCN3CCCCC3)[C@@H]2C1. The molecule has 0 N–H and O–H groups in total. The van der Waals surface area contributed by atoms with Gasteiger partial charge < -0.3 is 9.64 Å². The summed E-state index contributed by atoms with van der Waals surface area (Å²) in [6.07, 6.45) is 5.21. The molecule has 0 amide bonds. The molecule has 3 fully saturated rings. The smallest absolute Gasteiger partial charge is 0.130 e. The molecule has 2 heterocycles. The Kier molecular flexibility index (Phi) is 5.87. The number of ether oxygens (including phenoxy) is 1. The van der Waals surface area contributed by atoms with Crippen LogP contribution in [0.5, 0.6) is 0 Å². The first kappa shape index (κ1) is 18.3. The van der Waals surface area contributed by atoms with Crippen molar-refractivity contribution in [2.24, 2.45) is 17.8 Å². The number of piperidine rings is 2. The van der Waals surface area contributed by atoms with Gasteiger partial charge in [-0.1, -0.05) is 12.5 Å². The lowest BCUT2D eigenvalue weighted by Gasteiger charge is -2.26. The van der Waals surface area contributed by atoms with Crippen molar-refractivity contribution in [1.82, 2.24) is 9.80 Å². The zero-order chi connectivity index (χ0) is 17.9. The number of benzene rings is 1. The molecule has 3 atom stereocenters. The van der Waals surface area contributed by atoms with Crippen LogP contribution in [-0.2, 0) is 11.3 Å². The van der Waals surface area contributed by atoms with Gasteiger partial charge in [0.1, 0.15) is 11.6 Å². The number of hydrogen-bond acceptors (Lipinski definition) is 3. The highest BCUT2D eigenvalue weighted by Gasteiger charge is 2.55. The maximum atomic E-state index is 13.8. The molecule has 4 rings (SSSR count). The molecular formula is C21H30F2N2O. The predicted octanol–water partition coefficient (Wildman–Crippen LogP) is 3.54. The average molecular weight is 364 g/mol. The molecule has 3 aliphatic rings. The lowest BCUT2D eigenvalue weighted by atomic mass is 10.1. The third-order valence-corrected chi connectivity index (χ3v) is 6.41. The normalized spacial score (nSPS) is 29.1. The number of likely N-dealkylation sites (tertiary alicyclic amines) is 2. The molecule has 0 spiro atoms. The van der Waals surface area contributed by atoms with E-state index in [1.807, 2.05) is 0 Å². The highest BCUT2D eigenvalue weighted by molar-refractivity contribution is 5.20. The van der Waals surface area contributed by atoms with E-state index in [4.69, 9.17) is 4.74 Å². The quantitative estimate of drug-likeness (QED) is 0.656. The van der Waals surface area contributed by atoms with Crippen molar-refractivity contribution >= 4 is 0 Å². The number of hydrogen-bond donors (Lipinski definition) is 0. The lowest BCUT2D eigenvalue weighted by Crippen LogP contribution is -2.31. The second-order valence-corrected chi connectivity index (χ2v) is 8.22. The first-order valence-corrected chi connectivity index (χ1v) is 10.2. The van der Waals surface area contributed by atoms with Crippen molar-refractivity contribution in [3.63, 3.8) is 0 Å². The van der Waals surface area contributed by atoms with Gasteiger partial charge in [0, 0.05) is 38.3 Å². The van der Waals surface area contributed by atoms with Crippen LogP contribution in [0.2, 0.25) is 0 Å². The molecule has 5 heteroatoms. The number of rotatable bonds is 8. The van der Waals surface area contributed by atoms with Crippen LogP contribution in [0, 0.1) is 29.4 Å². The zero-order valence-electron chi connectivity index (χ0n) is 15.5. The van der Waals surface area contributed by atoms with Gasteiger partial charge in [-0.3, -0.25) is 4.90 Å². The van der Waals surface area contributed by atoms with Crippen LogP contribution >= 0.6 is 0 Å². The van der Waals surface area contributed by atoms with Crippen LogP contribution in [-0.4, -0.2) is 55.7 Å². The fourth-order valence-electron chi connectivity index (χ4n) is 4.81. The summed E-state index contributed by atoms with van der Waals surface area (Å²) < 4.78 is 33.5. The van der Waals surface area contributed by atoms with Gasteiger partial charge in [-0.25, -0.2) is 8.78 Å². The van der Waals surface area contributed by atoms with E-state index in [0.29, 0.717) is 24.3 Å². The molecule has 2 saturated heterocycles. The summed E-state index contributed by atoms with van der Waals surface area (Å²) in [5, 5.41) is 0. The Labute approximate surface area is 155 Å². The Bertz CT molecular complexity index is 573. The maximum absolute atomic E-state index is 13.8. The lowest BCUT2D eigenvalue weighted by molar-refractivity contribution is 0.0966. The van der Waals surface area contributed by atoms with Gasteiger partial charge in [0.2, 0.25) is 0 Å². The molecule has 3 nitrogen and oxygen atoms in total. The number of nitrogens with zero attached hydrogens (tertiary/aromatic N) is 2. The summed E-state index contributed by atoms with van der Waals surface area (Å²) in [4.78, 5) is 4.74. The number of halogens is 2. The largest absolute Gasteiger partial charge is 0.381 e. The second-order valence-electron chi connectivity index (χ2n) is 8.22. The van der Waals surface area contributed by atoms with E-state index in [-0.39, 0.29) is 5.56 Å². The van der Waals surface area contributed by atoms with E-state index in [2.05, 4.69) is 9.80 Å². The van der Waals surface area contributed by atoms with Gasteiger partial charge in [-0.2, -0.15) is 0 Å². The van der Waals surface area contributed by atoms with Crippen molar-refractivity contribution in [3.8, 4) is 0 Å². The van der Waals surface area contributed by atoms with Gasteiger partial charge in [0.25, 0.3) is 0 Å². The molecule has 0 radical (unpaired) electrons. The van der Waals surface area contributed by atoms with Gasteiger partial charge >= 0.3 is 0 Å².